The number of rotatable bonds is 2. The summed E-state index contributed by atoms with van der Waals surface area (Å²) in [5.41, 5.74) is 1.02. The van der Waals surface area contributed by atoms with Crippen molar-refractivity contribution in [3.8, 4) is 0 Å². The highest BCUT2D eigenvalue weighted by atomic mass is 127. The summed E-state index contributed by atoms with van der Waals surface area (Å²) in [4.78, 5) is 26.8. The Morgan fingerprint density at radius 2 is 2.06 bits per heavy atom. The van der Waals surface area contributed by atoms with Crippen LogP contribution < -0.4 is 11.2 Å². The molecule has 0 bridgehead atoms. The molecule has 0 atom stereocenters. The summed E-state index contributed by atoms with van der Waals surface area (Å²) in [6.45, 7) is 4.30. The molecule has 1 heterocycles. The van der Waals surface area contributed by atoms with Crippen LogP contribution in [0, 0.1) is 10.5 Å². The standard InChI is InChI=1S/C12H13IN2O2/c1-3-6-15-11(16)10-7(2)8(13)4-5-9(10)14-12(15)17/h4-5H,3,6H2,1-2H3,(H,14,17). The Hall–Kier alpha value is -1.11. The summed E-state index contributed by atoms with van der Waals surface area (Å²) < 4.78 is 2.30. The zero-order valence-electron chi connectivity index (χ0n) is 9.71. The van der Waals surface area contributed by atoms with E-state index in [1.807, 2.05) is 19.9 Å². The third kappa shape index (κ3) is 2.03. The van der Waals surface area contributed by atoms with Gasteiger partial charge < -0.3 is 4.98 Å². The molecule has 0 aliphatic heterocycles. The predicted octanol–water partition coefficient (Wildman–Crippen LogP) is 2.01. The number of benzene rings is 1. The summed E-state index contributed by atoms with van der Waals surface area (Å²) in [7, 11) is 0. The van der Waals surface area contributed by atoms with Crippen LogP contribution in [0.4, 0.5) is 0 Å². The van der Waals surface area contributed by atoms with Crippen molar-refractivity contribution in [2.45, 2.75) is 26.8 Å². The Morgan fingerprint density at radius 3 is 2.71 bits per heavy atom. The van der Waals surface area contributed by atoms with Crippen molar-refractivity contribution < 1.29 is 0 Å². The van der Waals surface area contributed by atoms with Crippen molar-refractivity contribution in [2.24, 2.45) is 0 Å². The summed E-state index contributed by atoms with van der Waals surface area (Å²) >= 11 is 2.19. The van der Waals surface area contributed by atoms with Gasteiger partial charge in [0.15, 0.2) is 0 Å². The molecule has 0 saturated heterocycles. The van der Waals surface area contributed by atoms with E-state index in [0.717, 1.165) is 15.6 Å². The summed E-state index contributed by atoms with van der Waals surface area (Å²) in [6, 6.07) is 3.68. The molecule has 4 nitrogen and oxygen atoms in total. The smallest absolute Gasteiger partial charge is 0.307 e. The van der Waals surface area contributed by atoms with Gasteiger partial charge in [-0.1, -0.05) is 6.92 Å². The topological polar surface area (TPSA) is 54.9 Å². The first-order chi connectivity index (χ1) is 8.06. The van der Waals surface area contributed by atoms with Gasteiger partial charge in [0.05, 0.1) is 10.9 Å². The number of aryl methyl sites for hydroxylation is 1. The van der Waals surface area contributed by atoms with Gasteiger partial charge in [-0.3, -0.25) is 9.36 Å². The van der Waals surface area contributed by atoms with Crippen LogP contribution in [0.2, 0.25) is 0 Å². The summed E-state index contributed by atoms with van der Waals surface area (Å²) in [6.07, 6.45) is 0.761. The molecule has 2 rings (SSSR count). The first-order valence-electron chi connectivity index (χ1n) is 5.48. The van der Waals surface area contributed by atoms with Gasteiger partial charge in [0.25, 0.3) is 5.56 Å². The highest BCUT2D eigenvalue weighted by Crippen LogP contribution is 2.17. The second-order valence-corrected chi connectivity index (χ2v) is 5.14. The minimum Gasteiger partial charge on any atom is -0.307 e. The van der Waals surface area contributed by atoms with Crippen LogP contribution in [0.25, 0.3) is 10.9 Å². The average Bonchev–Trinajstić information content (AvgIpc) is 2.29. The molecular formula is C12H13IN2O2. The van der Waals surface area contributed by atoms with Gasteiger partial charge >= 0.3 is 5.69 Å². The zero-order valence-corrected chi connectivity index (χ0v) is 11.9. The highest BCUT2D eigenvalue weighted by molar-refractivity contribution is 14.1. The normalized spacial score (nSPS) is 11.0. The maximum Gasteiger partial charge on any atom is 0.328 e. The van der Waals surface area contributed by atoms with Crippen molar-refractivity contribution in [3.63, 3.8) is 0 Å². The van der Waals surface area contributed by atoms with Gasteiger partial charge in [-0.05, 0) is 53.6 Å². The van der Waals surface area contributed by atoms with E-state index >= 15 is 0 Å². The van der Waals surface area contributed by atoms with E-state index in [1.165, 1.54) is 4.57 Å². The van der Waals surface area contributed by atoms with Gasteiger partial charge in [0, 0.05) is 10.1 Å². The molecule has 17 heavy (non-hydrogen) atoms. The van der Waals surface area contributed by atoms with Crippen LogP contribution in [0.5, 0.6) is 0 Å². The monoisotopic (exact) mass is 344 g/mol. The molecule has 0 saturated carbocycles. The maximum atomic E-state index is 12.3. The van der Waals surface area contributed by atoms with E-state index < -0.39 is 0 Å². The number of fused-ring (bicyclic) bond motifs is 1. The Labute approximate surface area is 112 Å². The number of nitrogens with zero attached hydrogens (tertiary/aromatic N) is 1. The van der Waals surface area contributed by atoms with Crippen molar-refractivity contribution in [2.75, 3.05) is 0 Å². The lowest BCUT2D eigenvalue weighted by Gasteiger charge is -2.07. The third-order valence-electron chi connectivity index (χ3n) is 2.79. The van der Waals surface area contributed by atoms with Gasteiger partial charge in [-0.15, -0.1) is 0 Å². The minimum atomic E-state index is -0.329. The largest absolute Gasteiger partial charge is 0.328 e. The van der Waals surface area contributed by atoms with Gasteiger partial charge in [0.2, 0.25) is 0 Å². The lowest BCUT2D eigenvalue weighted by atomic mass is 10.1. The quantitative estimate of drug-likeness (QED) is 0.848. The SMILES string of the molecule is CCCn1c(=O)[nH]c2ccc(I)c(C)c2c1=O. The molecule has 1 aromatic carbocycles. The number of aromatic amines is 1. The molecular weight excluding hydrogens is 331 g/mol. The molecule has 0 unspecified atom stereocenters. The molecule has 5 heteroatoms. The van der Waals surface area contributed by atoms with E-state index in [1.54, 1.807) is 6.07 Å². The molecule has 0 aliphatic carbocycles. The highest BCUT2D eigenvalue weighted by Gasteiger charge is 2.10. The molecule has 0 radical (unpaired) electrons. The fourth-order valence-corrected chi connectivity index (χ4v) is 2.35. The Bertz CT molecular complexity index is 685. The third-order valence-corrected chi connectivity index (χ3v) is 3.96. The second-order valence-electron chi connectivity index (χ2n) is 3.98. The summed E-state index contributed by atoms with van der Waals surface area (Å²) in [5.74, 6) is 0. The predicted molar refractivity (Wildman–Crippen MR) is 76.6 cm³/mol. The number of aromatic nitrogens is 2. The van der Waals surface area contributed by atoms with Crippen LogP contribution in [0.1, 0.15) is 18.9 Å². The molecule has 2 aromatic rings. The zero-order chi connectivity index (χ0) is 12.6. The van der Waals surface area contributed by atoms with Crippen LogP contribution in [-0.4, -0.2) is 9.55 Å². The maximum absolute atomic E-state index is 12.3. The molecule has 0 fully saturated rings. The van der Waals surface area contributed by atoms with Crippen molar-refractivity contribution >= 4 is 33.5 Å². The molecule has 0 spiro atoms. The average molecular weight is 344 g/mol. The minimum absolute atomic E-state index is 0.193. The first kappa shape index (κ1) is 12.3. The molecule has 1 aromatic heterocycles. The van der Waals surface area contributed by atoms with Crippen LogP contribution >= 0.6 is 22.6 Å². The van der Waals surface area contributed by atoms with Crippen LogP contribution in [-0.2, 0) is 6.54 Å². The van der Waals surface area contributed by atoms with Crippen molar-refractivity contribution in [1.82, 2.24) is 9.55 Å². The molecule has 90 valence electrons. The molecule has 1 N–H and O–H groups in total. The van der Waals surface area contributed by atoms with E-state index in [4.69, 9.17) is 0 Å². The Kier molecular flexibility index (Phi) is 3.37. The van der Waals surface area contributed by atoms with Crippen LogP contribution in [0.3, 0.4) is 0 Å². The van der Waals surface area contributed by atoms with Crippen molar-refractivity contribution in [1.29, 1.82) is 0 Å². The lowest BCUT2D eigenvalue weighted by molar-refractivity contribution is 0.623. The first-order valence-corrected chi connectivity index (χ1v) is 6.56. The van der Waals surface area contributed by atoms with Gasteiger partial charge in [0.1, 0.15) is 0 Å². The van der Waals surface area contributed by atoms with Crippen LogP contribution in [0.15, 0.2) is 21.7 Å². The number of H-pyrrole nitrogens is 1. The van der Waals surface area contributed by atoms with Crippen molar-refractivity contribution in [3.05, 3.63) is 42.1 Å². The van der Waals surface area contributed by atoms with E-state index in [-0.39, 0.29) is 11.2 Å². The Morgan fingerprint density at radius 1 is 1.35 bits per heavy atom. The number of nitrogens with one attached hydrogen (secondary N) is 1. The van der Waals surface area contributed by atoms with E-state index in [0.29, 0.717) is 17.4 Å². The number of halogens is 1. The fourth-order valence-electron chi connectivity index (χ4n) is 1.90. The van der Waals surface area contributed by atoms with Gasteiger partial charge in [-0.25, -0.2) is 4.79 Å². The second kappa shape index (κ2) is 4.64. The Balaban J connectivity index is 2.94. The fraction of sp³-hybridized carbons (Fsp3) is 0.333. The van der Waals surface area contributed by atoms with Gasteiger partial charge in [-0.2, -0.15) is 0 Å². The van der Waals surface area contributed by atoms with E-state index in [9.17, 15) is 9.59 Å². The molecule has 0 aliphatic rings. The number of hydrogen-bond acceptors (Lipinski definition) is 2. The number of hydrogen-bond donors (Lipinski definition) is 1. The van der Waals surface area contributed by atoms with E-state index in [2.05, 4.69) is 27.6 Å². The molecule has 0 amide bonds. The lowest BCUT2D eigenvalue weighted by Crippen LogP contribution is -2.35. The summed E-state index contributed by atoms with van der Waals surface area (Å²) in [5, 5.41) is 0.616.